The second-order valence-corrected chi connectivity index (χ2v) is 6.99. The van der Waals surface area contributed by atoms with Gasteiger partial charge in [-0.15, -0.1) is 0 Å². The Labute approximate surface area is 133 Å². The molecule has 0 bridgehead atoms. The lowest BCUT2D eigenvalue weighted by atomic mass is 9.90. The molecule has 1 N–H and O–H groups in total. The van der Waals surface area contributed by atoms with Crippen LogP contribution < -0.4 is 0 Å². The third-order valence-corrected chi connectivity index (χ3v) is 5.64. The van der Waals surface area contributed by atoms with E-state index in [1.54, 1.807) is 5.56 Å². The predicted molar refractivity (Wildman–Crippen MR) is 92.3 cm³/mol. The van der Waals surface area contributed by atoms with Crippen LogP contribution in [0.15, 0.2) is 24.3 Å². The van der Waals surface area contributed by atoms with E-state index in [2.05, 4.69) is 52.9 Å². The van der Waals surface area contributed by atoms with Crippen LogP contribution in [0.1, 0.15) is 44.0 Å². The molecule has 1 aromatic carbocycles. The highest BCUT2D eigenvalue weighted by atomic mass is 15.3. The number of rotatable bonds is 3. The van der Waals surface area contributed by atoms with Crippen LogP contribution in [0.25, 0.3) is 10.9 Å². The van der Waals surface area contributed by atoms with Gasteiger partial charge in [-0.3, -0.25) is 4.90 Å². The van der Waals surface area contributed by atoms with E-state index < -0.39 is 0 Å². The van der Waals surface area contributed by atoms with Crippen molar-refractivity contribution in [3.8, 4) is 0 Å². The molecule has 22 heavy (non-hydrogen) atoms. The van der Waals surface area contributed by atoms with Gasteiger partial charge >= 0.3 is 0 Å². The molecular weight excluding hydrogens is 270 g/mol. The van der Waals surface area contributed by atoms with Crippen LogP contribution in [0.3, 0.4) is 0 Å². The second kappa shape index (κ2) is 5.71. The number of aromatic amines is 1. The summed E-state index contributed by atoms with van der Waals surface area (Å²) >= 11 is 0. The van der Waals surface area contributed by atoms with Crippen molar-refractivity contribution in [3.05, 3.63) is 35.5 Å². The number of piperazine rings is 1. The fourth-order valence-electron chi connectivity index (χ4n) is 4.41. The van der Waals surface area contributed by atoms with Crippen molar-refractivity contribution in [1.82, 2.24) is 14.8 Å². The summed E-state index contributed by atoms with van der Waals surface area (Å²) in [4.78, 5) is 9.09. The minimum absolute atomic E-state index is 0.523. The molecule has 3 heterocycles. The summed E-state index contributed by atoms with van der Waals surface area (Å²) in [5.41, 5.74) is 4.34. The zero-order valence-electron chi connectivity index (χ0n) is 13.8. The number of aromatic nitrogens is 1. The van der Waals surface area contributed by atoms with Gasteiger partial charge in [-0.05, 0) is 37.9 Å². The first kappa shape index (κ1) is 14.3. The van der Waals surface area contributed by atoms with Crippen LogP contribution in [0.4, 0.5) is 0 Å². The van der Waals surface area contributed by atoms with Crippen molar-refractivity contribution in [2.24, 2.45) is 0 Å². The van der Waals surface area contributed by atoms with Gasteiger partial charge in [0.1, 0.15) is 0 Å². The van der Waals surface area contributed by atoms with Crippen molar-refractivity contribution in [3.63, 3.8) is 0 Å². The lowest BCUT2D eigenvalue weighted by Gasteiger charge is -2.47. The molecule has 2 aliphatic rings. The first-order chi connectivity index (χ1) is 10.8. The van der Waals surface area contributed by atoms with E-state index >= 15 is 0 Å². The van der Waals surface area contributed by atoms with Crippen LogP contribution in [-0.2, 0) is 6.42 Å². The highest BCUT2D eigenvalue weighted by molar-refractivity contribution is 5.85. The third kappa shape index (κ3) is 2.27. The van der Waals surface area contributed by atoms with Gasteiger partial charge in [-0.25, -0.2) is 0 Å². The smallest absolute Gasteiger partial charge is 0.0477 e. The molecule has 4 rings (SSSR count). The molecule has 1 saturated heterocycles. The van der Waals surface area contributed by atoms with Crippen molar-refractivity contribution in [1.29, 1.82) is 0 Å². The molecule has 0 aliphatic carbocycles. The van der Waals surface area contributed by atoms with Crippen LogP contribution >= 0.6 is 0 Å². The Kier molecular flexibility index (Phi) is 3.71. The van der Waals surface area contributed by atoms with Crippen LogP contribution in [-0.4, -0.2) is 47.0 Å². The van der Waals surface area contributed by atoms with Gasteiger partial charge in [0.05, 0.1) is 0 Å². The molecule has 3 nitrogen and oxygen atoms in total. The molecule has 1 aromatic heterocycles. The lowest BCUT2D eigenvalue weighted by molar-refractivity contribution is 0.0352. The molecule has 0 spiro atoms. The van der Waals surface area contributed by atoms with Gasteiger partial charge in [0, 0.05) is 48.3 Å². The maximum atomic E-state index is 3.69. The Hall–Kier alpha value is -1.32. The third-order valence-electron chi connectivity index (χ3n) is 5.64. The van der Waals surface area contributed by atoms with E-state index in [1.807, 2.05) is 0 Å². The van der Waals surface area contributed by atoms with Crippen LogP contribution in [0.2, 0.25) is 0 Å². The molecule has 0 amide bonds. The fourth-order valence-corrected chi connectivity index (χ4v) is 4.41. The Morgan fingerprint density at radius 1 is 1.23 bits per heavy atom. The first-order valence-electron chi connectivity index (χ1n) is 8.85. The molecule has 0 radical (unpaired) electrons. The molecule has 2 aromatic rings. The number of hydrogen-bond acceptors (Lipinski definition) is 2. The summed E-state index contributed by atoms with van der Waals surface area (Å²) in [6, 6.07) is 10.0. The van der Waals surface area contributed by atoms with Gasteiger partial charge in [0.2, 0.25) is 0 Å². The Morgan fingerprint density at radius 3 is 2.95 bits per heavy atom. The normalized spacial score (nSPS) is 26.1. The summed E-state index contributed by atoms with van der Waals surface area (Å²) in [6.07, 6.45) is 3.83. The van der Waals surface area contributed by atoms with Gasteiger partial charge in [-0.1, -0.05) is 31.5 Å². The average Bonchev–Trinajstić information content (AvgIpc) is 2.92. The number of nitrogens with zero attached hydrogens (tertiary/aromatic N) is 2. The van der Waals surface area contributed by atoms with E-state index in [9.17, 15) is 0 Å². The topological polar surface area (TPSA) is 22.3 Å². The second-order valence-electron chi connectivity index (χ2n) is 6.99. The fraction of sp³-hybridized carbons (Fsp3) is 0.579. The highest BCUT2D eigenvalue weighted by Crippen LogP contribution is 2.38. The van der Waals surface area contributed by atoms with Crippen molar-refractivity contribution in [2.45, 2.75) is 45.2 Å². The average molecular weight is 297 g/mol. The van der Waals surface area contributed by atoms with Gasteiger partial charge in [0.25, 0.3) is 0 Å². The van der Waals surface area contributed by atoms with E-state index in [1.165, 1.54) is 62.0 Å². The van der Waals surface area contributed by atoms with Gasteiger partial charge < -0.3 is 9.88 Å². The maximum Gasteiger partial charge on any atom is 0.0477 e. The quantitative estimate of drug-likeness (QED) is 0.935. The summed E-state index contributed by atoms with van der Waals surface area (Å²) < 4.78 is 0. The molecule has 118 valence electrons. The molecule has 2 unspecified atom stereocenters. The van der Waals surface area contributed by atoms with E-state index in [-0.39, 0.29) is 0 Å². The largest absolute Gasteiger partial charge is 0.357 e. The van der Waals surface area contributed by atoms with Gasteiger partial charge in [0.15, 0.2) is 0 Å². The summed E-state index contributed by atoms with van der Waals surface area (Å²) in [7, 11) is 0. The summed E-state index contributed by atoms with van der Waals surface area (Å²) in [6.45, 7) is 9.62. The molecule has 3 heteroatoms. The standard InChI is InChI=1S/C19H27N3/c1-3-4-9-21-10-11-22-14(2)19-17(12-15(22)13-21)16-7-5-6-8-18(16)20-19/h5-8,14-15,20H,3-4,9-13H2,1-2H3. The maximum absolute atomic E-state index is 3.69. The number of hydrogen-bond donors (Lipinski definition) is 1. The number of nitrogens with one attached hydrogen (secondary N) is 1. The Morgan fingerprint density at radius 2 is 2.09 bits per heavy atom. The number of H-pyrrole nitrogens is 1. The molecule has 2 aliphatic heterocycles. The van der Waals surface area contributed by atoms with Crippen LogP contribution in [0, 0.1) is 0 Å². The minimum atomic E-state index is 0.523. The van der Waals surface area contributed by atoms with Crippen molar-refractivity contribution >= 4 is 10.9 Å². The Balaban J connectivity index is 1.63. The highest BCUT2D eigenvalue weighted by Gasteiger charge is 2.37. The van der Waals surface area contributed by atoms with Crippen LogP contribution in [0.5, 0.6) is 0 Å². The van der Waals surface area contributed by atoms with E-state index in [0.717, 1.165) is 0 Å². The van der Waals surface area contributed by atoms with Gasteiger partial charge in [-0.2, -0.15) is 0 Å². The number of benzene rings is 1. The SMILES string of the molecule is CCCCN1CCN2C(Cc3c([nH]c4ccccc34)C2C)C1. The first-order valence-corrected chi connectivity index (χ1v) is 8.85. The van der Waals surface area contributed by atoms with Crippen molar-refractivity contribution < 1.29 is 0 Å². The number of fused-ring (bicyclic) bond motifs is 4. The minimum Gasteiger partial charge on any atom is -0.357 e. The molecular formula is C19H27N3. The lowest BCUT2D eigenvalue weighted by Crippen LogP contribution is -2.56. The monoisotopic (exact) mass is 297 g/mol. The zero-order valence-corrected chi connectivity index (χ0v) is 13.8. The van der Waals surface area contributed by atoms with E-state index in [0.29, 0.717) is 12.1 Å². The van der Waals surface area contributed by atoms with E-state index in [4.69, 9.17) is 0 Å². The molecule has 2 atom stereocenters. The Bertz CT molecular complexity index is 660. The number of unbranched alkanes of at least 4 members (excludes halogenated alkanes) is 1. The molecule has 0 saturated carbocycles. The van der Waals surface area contributed by atoms with Crippen molar-refractivity contribution in [2.75, 3.05) is 26.2 Å². The predicted octanol–water partition coefficient (Wildman–Crippen LogP) is 3.57. The summed E-state index contributed by atoms with van der Waals surface area (Å²) in [5.74, 6) is 0. The zero-order chi connectivity index (χ0) is 15.1. The summed E-state index contributed by atoms with van der Waals surface area (Å²) in [5, 5.41) is 1.44. The number of para-hydroxylation sites is 1. The molecule has 1 fully saturated rings.